The van der Waals surface area contributed by atoms with Crippen LogP contribution in [0.25, 0.3) is 0 Å². The molecule has 0 bridgehead atoms. The van der Waals surface area contributed by atoms with E-state index in [9.17, 15) is 4.79 Å². The first kappa shape index (κ1) is 16.6. The molecule has 1 unspecified atom stereocenters. The van der Waals surface area contributed by atoms with E-state index in [0.29, 0.717) is 21.7 Å². The zero-order valence-corrected chi connectivity index (χ0v) is 14.0. The molecule has 0 spiro atoms. The second-order valence-corrected chi connectivity index (χ2v) is 6.61. The predicted octanol–water partition coefficient (Wildman–Crippen LogP) is 4.30. The number of carbonyl (C=O) groups is 1. The number of anilines is 1. The van der Waals surface area contributed by atoms with Crippen molar-refractivity contribution in [1.29, 1.82) is 0 Å². The molecule has 0 aliphatic carbocycles. The highest BCUT2D eigenvalue weighted by molar-refractivity contribution is 6.35. The van der Waals surface area contributed by atoms with Crippen LogP contribution in [0.2, 0.25) is 10.0 Å². The van der Waals surface area contributed by atoms with Crippen LogP contribution in [0.15, 0.2) is 18.2 Å². The molecule has 5 heteroatoms. The molecular formula is C16H22Cl2N2O. The number of hydrogen-bond acceptors (Lipinski definition) is 2. The standard InChI is InChI=1S/C16H22Cl2N2O/c1-3-13(11-6-8-20(2)9-7-11)16(21)19-15-10-12(17)4-5-14(15)18/h4-5,10-11,13H,3,6-9H2,1-2H3,(H,19,21). The van der Waals surface area contributed by atoms with Gasteiger partial charge in [-0.1, -0.05) is 30.1 Å². The molecule has 1 aliphatic rings. The van der Waals surface area contributed by atoms with Crippen LogP contribution in [-0.4, -0.2) is 30.9 Å². The van der Waals surface area contributed by atoms with Crippen LogP contribution in [0.1, 0.15) is 26.2 Å². The summed E-state index contributed by atoms with van der Waals surface area (Å²) in [5.74, 6) is 0.536. The largest absolute Gasteiger partial charge is 0.324 e. The smallest absolute Gasteiger partial charge is 0.227 e. The van der Waals surface area contributed by atoms with Crippen LogP contribution in [0.4, 0.5) is 5.69 Å². The van der Waals surface area contributed by atoms with Crippen molar-refractivity contribution in [3.8, 4) is 0 Å². The molecule has 1 saturated heterocycles. The van der Waals surface area contributed by atoms with Crippen molar-refractivity contribution in [2.45, 2.75) is 26.2 Å². The zero-order chi connectivity index (χ0) is 15.4. The van der Waals surface area contributed by atoms with E-state index in [1.807, 2.05) is 0 Å². The van der Waals surface area contributed by atoms with Crippen molar-refractivity contribution in [1.82, 2.24) is 4.90 Å². The summed E-state index contributed by atoms with van der Waals surface area (Å²) in [6.07, 6.45) is 3.00. The van der Waals surface area contributed by atoms with Gasteiger partial charge in [0.05, 0.1) is 10.7 Å². The topological polar surface area (TPSA) is 32.3 Å². The summed E-state index contributed by atoms with van der Waals surface area (Å²) in [7, 11) is 2.13. The van der Waals surface area contributed by atoms with Crippen LogP contribution in [0.3, 0.4) is 0 Å². The number of nitrogens with one attached hydrogen (secondary N) is 1. The predicted molar refractivity (Wildman–Crippen MR) is 89.1 cm³/mol. The Kier molecular flexibility index (Phi) is 5.91. The minimum atomic E-state index is 0.0359. The number of hydrogen-bond donors (Lipinski definition) is 1. The molecule has 0 saturated carbocycles. The lowest BCUT2D eigenvalue weighted by atomic mass is 9.82. The lowest BCUT2D eigenvalue weighted by Crippen LogP contribution is -2.37. The van der Waals surface area contributed by atoms with E-state index in [1.54, 1.807) is 18.2 Å². The monoisotopic (exact) mass is 328 g/mol. The summed E-state index contributed by atoms with van der Waals surface area (Å²) in [5.41, 5.74) is 0.598. The van der Waals surface area contributed by atoms with Gasteiger partial charge in [-0.3, -0.25) is 4.79 Å². The molecule has 21 heavy (non-hydrogen) atoms. The summed E-state index contributed by atoms with van der Waals surface area (Å²) in [5, 5.41) is 4.03. The van der Waals surface area contributed by atoms with Crippen LogP contribution < -0.4 is 5.32 Å². The van der Waals surface area contributed by atoms with Crippen LogP contribution in [-0.2, 0) is 4.79 Å². The molecule has 0 aromatic heterocycles. The highest BCUT2D eigenvalue weighted by atomic mass is 35.5. The molecule has 1 aromatic carbocycles. The Morgan fingerprint density at radius 1 is 1.38 bits per heavy atom. The summed E-state index contributed by atoms with van der Waals surface area (Å²) in [6.45, 7) is 4.20. The van der Waals surface area contributed by atoms with Gasteiger partial charge in [0.2, 0.25) is 5.91 Å². The van der Waals surface area contributed by atoms with E-state index >= 15 is 0 Å². The number of likely N-dealkylation sites (tertiary alicyclic amines) is 1. The fourth-order valence-corrected chi connectivity index (χ4v) is 3.32. The van der Waals surface area contributed by atoms with Crippen LogP contribution >= 0.6 is 23.2 Å². The van der Waals surface area contributed by atoms with Crippen LogP contribution in [0, 0.1) is 11.8 Å². The number of rotatable bonds is 4. The number of piperidine rings is 1. The SMILES string of the molecule is CCC(C(=O)Nc1cc(Cl)ccc1Cl)C1CCN(C)CC1. The van der Waals surface area contributed by atoms with E-state index in [-0.39, 0.29) is 11.8 Å². The van der Waals surface area contributed by atoms with Crippen molar-refractivity contribution in [2.75, 3.05) is 25.5 Å². The van der Waals surface area contributed by atoms with Gasteiger partial charge in [-0.15, -0.1) is 0 Å². The number of nitrogens with zero attached hydrogens (tertiary/aromatic N) is 1. The normalized spacial score (nSPS) is 18.5. The van der Waals surface area contributed by atoms with Crippen molar-refractivity contribution in [2.24, 2.45) is 11.8 Å². The minimum Gasteiger partial charge on any atom is -0.324 e. The van der Waals surface area contributed by atoms with Gasteiger partial charge in [-0.25, -0.2) is 0 Å². The molecule has 1 aromatic rings. The van der Waals surface area contributed by atoms with Crippen molar-refractivity contribution in [3.05, 3.63) is 28.2 Å². The van der Waals surface area contributed by atoms with Gasteiger partial charge >= 0.3 is 0 Å². The van der Waals surface area contributed by atoms with Gasteiger partial charge in [0.1, 0.15) is 0 Å². The average molecular weight is 329 g/mol. The average Bonchev–Trinajstić information content (AvgIpc) is 2.46. The molecule has 1 atom stereocenters. The molecule has 2 rings (SSSR count). The Hall–Kier alpha value is -0.770. The molecule has 0 radical (unpaired) electrons. The first-order valence-electron chi connectivity index (χ1n) is 7.45. The molecule has 1 fully saturated rings. The van der Waals surface area contributed by atoms with E-state index in [2.05, 4.69) is 24.2 Å². The Balaban J connectivity index is 2.04. The Morgan fingerprint density at radius 3 is 2.67 bits per heavy atom. The molecule has 3 nitrogen and oxygen atoms in total. The highest BCUT2D eigenvalue weighted by Crippen LogP contribution is 2.30. The first-order valence-corrected chi connectivity index (χ1v) is 8.21. The number of carbonyl (C=O) groups excluding carboxylic acids is 1. The molecular weight excluding hydrogens is 307 g/mol. The maximum absolute atomic E-state index is 12.6. The Bertz CT molecular complexity index is 499. The first-order chi connectivity index (χ1) is 10.0. The second kappa shape index (κ2) is 7.48. The second-order valence-electron chi connectivity index (χ2n) is 5.77. The number of benzene rings is 1. The quantitative estimate of drug-likeness (QED) is 0.893. The van der Waals surface area contributed by atoms with Gasteiger partial charge in [0, 0.05) is 10.9 Å². The van der Waals surface area contributed by atoms with Gasteiger partial charge in [-0.2, -0.15) is 0 Å². The molecule has 1 N–H and O–H groups in total. The third-order valence-electron chi connectivity index (χ3n) is 4.30. The van der Waals surface area contributed by atoms with Gasteiger partial charge < -0.3 is 10.2 Å². The lowest BCUT2D eigenvalue weighted by molar-refractivity contribution is -0.122. The molecule has 116 valence electrons. The third kappa shape index (κ3) is 4.35. The highest BCUT2D eigenvalue weighted by Gasteiger charge is 2.29. The summed E-state index contributed by atoms with van der Waals surface area (Å²) < 4.78 is 0. The maximum atomic E-state index is 12.6. The van der Waals surface area contributed by atoms with E-state index in [0.717, 1.165) is 32.4 Å². The van der Waals surface area contributed by atoms with E-state index in [1.165, 1.54) is 0 Å². The van der Waals surface area contributed by atoms with Crippen molar-refractivity contribution in [3.63, 3.8) is 0 Å². The van der Waals surface area contributed by atoms with Crippen LogP contribution in [0.5, 0.6) is 0 Å². The number of amides is 1. The Labute approximate surface area is 136 Å². The van der Waals surface area contributed by atoms with Gasteiger partial charge in [0.25, 0.3) is 0 Å². The lowest BCUT2D eigenvalue weighted by Gasteiger charge is -2.33. The molecule has 1 aliphatic heterocycles. The fraction of sp³-hybridized carbons (Fsp3) is 0.562. The molecule has 1 amide bonds. The van der Waals surface area contributed by atoms with Crippen molar-refractivity contribution < 1.29 is 4.79 Å². The summed E-state index contributed by atoms with van der Waals surface area (Å²) in [4.78, 5) is 14.9. The molecule has 1 heterocycles. The number of halogens is 2. The van der Waals surface area contributed by atoms with E-state index in [4.69, 9.17) is 23.2 Å². The fourth-order valence-electron chi connectivity index (χ4n) is 2.98. The zero-order valence-electron chi connectivity index (χ0n) is 12.5. The van der Waals surface area contributed by atoms with Gasteiger partial charge in [-0.05, 0) is 63.5 Å². The third-order valence-corrected chi connectivity index (χ3v) is 4.86. The Morgan fingerprint density at radius 2 is 2.05 bits per heavy atom. The van der Waals surface area contributed by atoms with Crippen molar-refractivity contribution >= 4 is 34.8 Å². The van der Waals surface area contributed by atoms with E-state index < -0.39 is 0 Å². The minimum absolute atomic E-state index is 0.0359. The summed E-state index contributed by atoms with van der Waals surface area (Å²) in [6, 6.07) is 5.12. The van der Waals surface area contributed by atoms with Gasteiger partial charge in [0.15, 0.2) is 0 Å². The summed E-state index contributed by atoms with van der Waals surface area (Å²) >= 11 is 12.1. The maximum Gasteiger partial charge on any atom is 0.227 e.